The Hall–Kier alpha value is -2.15. The van der Waals surface area contributed by atoms with Crippen LogP contribution in [0.5, 0.6) is 5.75 Å². The van der Waals surface area contributed by atoms with Gasteiger partial charge >= 0.3 is 0 Å². The molecule has 18 heavy (non-hydrogen) atoms. The number of nitro benzene ring substituents is 1. The largest absolute Gasteiger partial charge is 0.482 e. The third-order valence-electron chi connectivity index (χ3n) is 2.54. The average Bonchev–Trinajstić information content (AvgIpc) is 2.31. The highest BCUT2D eigenvalue weighted by Crippen LogP contribution is 2.35. The number of hydrogen-bond acceptors (Lipinski definition) is 5. The van der Waals surface area contributed by atoms with Gasteiger partial charge in [0.25, 0.3) is 11.6 Å². The number of aliphatic hydroxyl groups is 1. The van der Waals surface area contributed by atoms with Crippen molar-refractivity contribution in [1.29, 1.82) is 0 Å². The maximum atomic E-state index is 11.7. The zero-order valence-corrected chi connectivity index (χ0v) is 9.70. The summed E-state index contributed by atoms with van der Waals surface area (Å²) in [7, 11) is 0. The number of β-amino-alcohol motifs (C(OH)–C–C–N with tert-alkyl or cyclic N) is 1. The second kappa shape index (κ2) is 4.61. The maximum absolute atomic E-state index is 11.7. The van der Waals surface area contributed by atoms with Crippen molar-refractivity contribution in [2.24, 2.45) is 0 Å². The van der Waals surface area contributed by atoms with Gasteiger partial charge in [0.15, 0.2) is 6.61 Å². The van der Waals surface area contributed by atoms with Crippen molar-refractivity contribution in [3.63, 3.8) is 0 Å². The van der Waals surface area contributed by atoms with Crippen molar-refractivity contribution in [2.75, 3.05) is 18.1 Å². The number of benzene rings is 1. The molecule has 7 nitrogen and oxygen atoms in total. The van der Waals surface area contributed by atoms with Crippen LogP contribution in [0.15, 0.2) is 18.2 Å². The summed E-state index contributed by atoms with van der Waals surface area (Å²) in [4.78, 5) is 23.2. The number of ether oxygens (including phenoxy) is 1. The first-order valence-electron chi connectivity index (χ1n) is 5.38. The number of carbonyl (C=O) groups is 1. The Balaban J connectivity index is 2.43. The third kappa shape index (κ3) is 2.25. The van der Waals surface area contributed by atoms with Gasteiger partial charge in [-0.05, 0) is 13.0 Å². The van der Waals surface area contributed by atoms with Gasteiger partial charge in [-0.15, -0.1) is 0 Å². The molecule has 1 aromatic rings. The van der Waals surface area contributed by atoms with Gasteiger partial charge in [-0.1, -0.05) is 0 Å². The minimum Gasteiger partial charge on any atom is -0.482 e. The third-order valence-corrected chi connectivity index (χ3v) is 2.54. The Morgan fingerprint density at radius 3 is 2.94 bits per heavy atom. The van der Waals surface area contributed by atoms with Gasteiger partial charge in [0.2, 0.25) is 0 Å². The van der Waals surface area contributed by atoms with Crippen LogP contribution in [-0.2, 0) is 4.79 Å². The van der Waals surface area contributed by atoms with Crippen LogP contribution >= 0.6 is 0 Å². The monoisotopic (exact) mass is 252 g/mol. The summed E-state index contributed by atoms with van der Waals surface area (Å²) in [6.45, 7) is 1.49. The molecule has 1 unspecified atom stereocenters. The number of amides is 1. The second-order valence-electron chi connectivity index (χ2n) is 4.05. The first kappa shape index (κ1) is 12.3. The molecule has 0 spiro atoms. The van der Waals surface area contributed by atoms with Gasteiger partial charge in [-0.25, -0.2) is 0 Å². The molecule has 2 rings (SSSR count). The summed E-state index contributed by atoms with van der Waals surface area (Å²) in [5, 5.41) is 20.1. The van der Waals surface area contributed by atoms with Gasteiger partial charge in [0, 0.05) is 12.1 Å². The lowest BCUT2D eigenvalue weighted by Crippen LogP contribution is -2.42. The lowest BCUT2D eigenvalue weighted by molar-refractivity contribution is -0.384. The van der Waals surface area contributed by atoms with E-state index in [1.807, 2.05) is 0 Å². The molecular weight excluding hydrogens is 240 g/mol. The van der Waals surface area contributed by atoms with Crippen LogP contribution in [0, 0.1) is 10.1 Å². The van der Waals surface area contributed by atoms with Crippen molar-refractivity contribution in [3.8, 4) is 5.75 Å². The van der Waals surface area contributed by atoms with E-state index < -0.39 is 11.0 Å². The zero-order valence-electron chi connectivity index (χ0n) is 9.70. The quantitative estimate of drug-likeness (QED) is 0.631. The van der Waals surface area contributed by atoms with Crippen LogP contribution in [0.2, 0.25) is 0 Å². The minimum absolute atomic E-state index is 0.0797. The molecule has 0 saturated heterocycles. The Morgan fingerprint density at radius 1 is 1.61 bits per heavy atom. The Kier molecular flexibility index (Phi) is 3.15. The summed E-state index contributed by atoms with van der Waals surface area (Å²) in [5.41, 5.74) is 0.198. The van der Waals surface area contributed by atoms with Gasteiger partial charge in [0.1, 0.15) is 5.75 Å². The molecule has 0 saturated carbocycles. The number of anilines is 1. The first-order chi connectivity index (χ1) is 8.49. The minimum atomic E-state index is -0.723. The van der Waals surface area contributed by atoms with E-state index in [0.29, 0.717) is 11.4 Å². The number of fused-ring (bicyclic) bond motifs is 1. The molecular formula is C11H12N2O5. The second-order valence-corrected chi connectivity index (χ2v) is 4.05. The number of nitrogens with zero attached hydrogens (tertiary/aromatic N) is 2. The molecule has 1 amide bonds. The molecule has 96 valence electrons. The van der Waals surface area contributed by atoms with E-state index >= 15 is 0 Å². The van der Waals surface area contributed by atoms with Crippen molar-refractivity contribution in [2.45, 2.75) is 13.0 Å². The SMILES string of the molecule is CC(O)CN1C(=O)COc2ccc([N+](=O)[O-])cc21. The zero-order chi connectivity index (χ0) is 13.3. The molecule has 0 aromatic heterocycles. The van der Waals surface area contributed by atoms with E-state index in [1.54, 1.807) is 6.92 Å². The van der Waals surface area contributed by atoms with E-state index in [9.17, 15) is 20.0 Å². The normalized spacial score (nSPS) is 15.9. The van der Waals surface area contributed by atoms with Crippen LogP contribution in [0.25, 0.3) is 0 Å². The number of carbonyl (C=O) groups excluding carboxylic acids is 1. The Bertz CT molecular complexity index is 500. The summed E-state index contributed by atoms with van der Waals surface area (Å²) in [6, 6.07) is 4.04. The van der Waals surface area contributed by atoms with Crippen molar-refractivity contribution >= 4 is 17.3 Å². The molecule has 1 N–H and O–H groups in total. The van der Waals surface area contributed by atoms with E-state index in [0.717, 1.165) is 0 Å². The predicted molar refractivity (Wildman–Crippen MR) is 62.6 cm³/mol. The van der Waals surface area contributed by atoms with E-state index in [2.05, 4.69) is 0 Å². The molecule has 0 radical (unpaired) electrons. The first-order valence-corrected chi connectivity index (χ1v) is 5.38. The molecule has 1 aromatic carbocycles. The number of hydrogen-bond donors (Lipinski definition) is 1. The highest BCUT2D eigenvalue weighted by Gasteiger charge is 2.28. The maximum Gasteiger partial charge on any atom is 0.271 e. The van der Waals surface area contributed by atoms with E-state index in [1.165, 1.54) is 23.1 Å². The van der Waals surface area contributed by atoms with Crippen LogP contribution < -0.4 is 9.64 Å². The fourth-order valence-corrected chi connectivity index (χ4v) is 1.77. The van der Waals surface area contributed by atoms with E-state index in [-0.39, 0.29) is 24.7 Å². The van der Waals surface area contributed by atoms with Crippen LogP contribution in [0.1, 0.15) is 6.92 Å². The number of aliphatic hydroxyl groups excluding tert-OH is 1. The highest BCUT2D eigenvalue weighted by atomic mass is 16.6. The Morgan fingerprint density at radius 2 is 2.33 bits per heavy atom. The highest BCUT2D eigenvalue weighted by molar-refractivity contribution is 5.98. The van der Waals surface area contributed by atoms with Crippen molar-refractivity contribution in [1.82, 2.24) is 0 Å². The van der Waals surface area contributed by atoms with Crippen LogP contribution in [0.3, 0.4) is 0 Å². The van der Waals surface area contributed by atoms with Crippen molar-refractivity contribution in [3.05, 3.63) is 28.3 Å². The van der Waals surface area contributed by atoms with Gasteiger partial charge in [-0.3, -0.25) is 14.9 Å². The predicted octanol–water partition coefficient (Wildman–Crippen LogP) is 0.701. The van der Waals surface area contributed by atoms with Crippen LogP contribution in [-0.4, -0.2) is 35.2 Å². The molecule has 1 aliphatic rings. The number of non-ortho nitro benzene ring substituents is 1. The molecule has 1 atom stereocenters. The van der Waals surface area contributed by atoms with E-state index in [4.69, 9.17) is 4.74 Å². The van der Waals surface area contributed by atoms with Gasteiger partial charge in [0.05, 0.1) is 23.3 Å². The summed E-state index contributed by atoms with van der Waals surface area (Å²) in [5.74, 6) is 0.0738. The topological polar surface area (TPSA) is 92.9 Å². The fraction of sp³-hybridized carbons (Fsp3) is 0.364. The lowest BCUT2D eigenvalue weighted by Gasteiger charge is -2.29. The fourth-order valence-electron chi connectivity index (χ4n) is 1.77. The summed E-state index contributed by atoms with van der Waals surface area (Å²) in [6.07, 6.45) is -0.723. The molecule has 1 heterocycles. The average molecular weight is 252 g/mol. The molecule has 0 bridgehead atoms. The summed E-state index contributed by atoms with van der Waals surface area (Å²) < 4.78 is 5.19. The smallest absolute Gasteiger partial charge is 0.271 e. The van der Waals surface area contributed by atoms with Gasteiger partial charge < -0.3 is 14.7 Å². The molecule has 0 fully saturated rings. The van der Waals surface area contributed by atoms with Gasteiger partial charge in [-0.2, -0.15) is 0 Å². The van der Waals surface area contributed by atoms with Crippen LogP contribution in [0.4, 0.5) is 11.4 Å². The molecule has 7 heteroatoms. The Labute approximate surface area is 103 Å². The standard InChI is InChI=1S/C11H12N2O5/c1-7(14)5-12-9-4-8(13(16)17)2-3-10(9)18-6-11(12)15/h2-4,7,14H,5-6H2,1H3. The molecule has 1 aliphatic heterocycles. The number of rotatable bonds is 3. The van der Waals surface area contributed by atoms with Crippen molar-refractivity contribution < 1.29 is 19.6 Å². The number of nitro groups is 1. The lowest BCUT2D eigenvalue weighted by atomic mass is 10.2. The summed E-state index contributed by atoms with van der Waals surface area (Å²) >= 11 is 0. The molecule has 0 aliphatic carbocycles.